The van der Waals surface area contributed by atoms with Crippen LogP contribution >= 0.6 is 22.9 Å². The Morgan fingerprint density at radius 1 is 1.00 bits per heavy atom. The van der Waals surface area contributed by atoms with Gasteiger partial charge in [0.2, 0.25) is 0 Å². The molecule has 0 saturated carbocycles. The van der Waals surface area contributed by atoms with Crippen molar-refractivity contribution in [2.75, 3.05) is 12.4 Å². The average molecular weight is 387 g/mol. The lowest BCUT2D eigenvalue weighted by molar-refractivity contribution is 0.0848. The fourth-order valence-corrected chi connectivity index (χ4v) is 4.06. The largest absolute Gasteiger partial charge is 0.378 e. The molecule has 0 spiro atoms. The molecule has 7 nitrogen and oxygen atoms in total. The molecular formula is C17H17N5O2S2. The van der Waals surface area contributed by atoms with Crippen LogP contribution in [0.2, 0.25) is 0 Å². The van der Waals surface area contributed by atoms with E-state index in [1.54, 1.807) is 20.9 Å². The molecule has 0 fully saturated rings. The maximum Gasteiger partial charge on any atom is 0.281 e. The number of nitrogens with one attached hydrogen (secondary N) is 3. The molecule has 0 aliphatic carbocycles. The molecule has 134 valence electrons. The lowest BCUT2D eigenvalue weighted by atomic mass is 10.2. The fraction of sp³-hybridized carbons (Fsp3) is 0.176. The summed E-state index contributed by atoms with van der Waals surface area (Å²) in [5.74, 6) is -0.818. The van der Waals surface area contributed by atoms with Crippen LogP contribution in [0.5, 0.6) is 0 Å². The summed E-state index contributed by atoms with van der Waals surface area (Å²) < 4.78 is 4.14. The van der Waals surface area contributed by atoms with E-state index in [4.69, 9.17) is 0 Å². The number of carbonyl (C=O) groups excluding carboxylic acids is 2. The minimum Gasteiger partial charge on any atom is -0.378 e. The van der Waals surface area contributed by atoms with Crippen LogP contribution in [-0.4, -0.2) is 28.2 Å². The van der Waals surface area contributed by atoms with Crippen molar-refractivity contribution in [3.05, 3.63) is 52.2 Å². The zero-order chi connectivity index (χ0) is 18.7. The normalized spacial score (nSPS) is 10.4. The predicted molar refractivity (Wildman–Crippen MR) is 104 cm³/mol. The number of benzene rings is 1. The number of nitrogens with zero attached hydrogens (tertiary/aromatic N) is 2. The second-order valence-corrected chi connectivity index (χ2v) is 7.20. The molecule has 0 unspecified atom stereocenters. The van der Waals surface area contributed by atoms with E-state index in [0.29, 0.717) is 26.8 Å². The van der Waals surface area contributed by atoms with Crippen LogP contribution in [-0.2, 0) is 0 Å². The second-order valence-electron chi connectivity index (χ2n) is 5.43. The number of amides is 2. The Morgan fingerprint density at radius 2 is 1.69 bits per heavy atom. The topological polar surface area (TPSA) is 96.0 Å². The molecule has 0 aliphatic rings. The van der Waals surface area contributed by atoms with E-state index in [2.05, 4.69) is 25.5 Å². The summed E-state index contributed by atoms with van der Waals surface area (Å²) >= 11 is 2.48. The Labute approximate surface area is 158 Å². The van der Waals surface area contributed by atoms with Crippen molar-refractivity contribution in [2.45, 2.75) is 13.8 Å². The lowest BCUT2D eigenvalue weighted by Gasteiger charge is -2.07. The van der Waals surface area contributed by atoms with E-state index in [9.17, 15) is 9.59 Å². The summed E-state index contributed by atoms with van der Waals surface area (Å²) in [5.41, 5.74) is 7.48. The van der Waals surface area contributed by atoms with Crippen LogP contribution in [0.25, 0.3) is 10.6 Å². The van der Waals surface area contributed by atoms with Gasteiger partial charge in [0, 0.05) is 12.6 Å². The molecule has 0 saturated heterocycles. The van der Waals surface area contributed by atoms with E-state index >= 15 is 0 Å². The van der Waals surface area contributed by atoms with Gasteiger partial charge in [-0.15, -0.1) is 11.3 Å². The van der Waals surface area contributed by atoms with Crippen molar-refractivity contribution in [2.24, 2.45) is 0 Å². The maximum atomic E-state index is 12.4. The number of aromatic nitrogens is 2. The van der Waals surface area contributed by atoms with Crippen LogP contribution in [0.3, 0.4) is 0 Å². The van der Waals surface area contributed by atoms with Gasteiger partial charge in [0.15, 0.2) is 0 Å². The van der Waals surface area contributed by atoms with Gasteiger partial charge in [0.25, 0.3) is 11.8 Å². The van der Waals surface area contributed by atoms with Crippen molar-refractivity contribution in [3.8, 4) is 10.6 Å². The van der Waals surface area contributed by atoms with E-state index in [1.807, 2.05) is 30.3 Å². The molecule has 0 radical (unpaired) electrons. The minimum absolute atomic E-state index is 0.401. The molecule has 2 aromatic heterocycles. The molecule has 26 heavy (non-hydrogen) atoms. The summed E-state index contributed by atoms with van der Waals surface area (Å²) in [6.07, 6.45) is 0. The molecule has 3 rings (SSSR count). The summed E-state index contributed by atoms with van der Waals surface area (Å²) in [4.78, 5) is 29.7. The first-order valence-corrected chi connectivity index (χ1v) is 9.37. The van der Waals surface area contributed by atoms with Gasteiger partial charge < -0.3 is 5.32 Å². The molecule has 0 aliphatic heterocycles. The van der Waals surface area contributed by atoms with Crippen LogP contribution in [0.1, 0.15) is 31.4 Å². The Kier molecular flexibility index (Phi) is 5.29. The van der Waals surface area contributed by atoms with Crippen LogP contribution < -0.4 is 16.2 Å². The van der Waals surface area contributed by atoms with Gasteiger partial charge in [-0.2, -0.15) is 4.37 Å². The van der Waals surface area contributed by atoms with Crippen LogP contribution in [0.15, 0.2) is 30.3 Å². The summed E-state index contributed by atoms with van der Waals surface area (Å²) in [6.45, 7) is 3.51. The van der Waals surface area contributed by atoms with E-state index in [0.717, 1.165) is 10.6 Å². The van der Waals surface area contributed by atoms with Crippen molar-refractivity contribution >= 4 is 39.7 Å². The number of hydrazine groups is 1. The quantitative estimate of drug-likeness (QED) is 0.598. The third kappa shape index (κ3) is 3.58. The highest BCUT2D eigenvalue weighted by Gasteiger charge is 2.20. The molecule has 9 heteroatoms. The molecule has 3 N–H and O–H groups in total. The third-order valence-corrected chi connectivity index (χ3v) is 5.79. The van der Waals surface area contributed by atoms with Gasteiger partial charge in [0.05, 0.1) is 17.0 Å². The summed E-state index contributed by atoms with van der Waals surface area (Å²) in [5, 5.41) is 4.33. The standard InChI is InChI=1S/C17H17N5O2S2/c1-9-12(17(18-3)26-22-9)14(23)20-21-15(24)13-10(2)19-16(25-13)11-7-5-4-6-8-11/h4-8,18H,1-3H3,(H,20,23)(H,21,24). The molecule has 0 atom stereocenters. The molecule has 1 aromatic carbocycles. The predicted octanol–water partition coefficient (Wildman–Crippen LogP) is 3.00. The number of rotatable bonds is 4. The average Bonchev–Trinajstić information content (AvgIpc) is 3.22. The number of thiazole rings is 1. The zero-order valence-corrected chi connectivity index (χ0v) is 16.0. The van der Waals surface area contributed by atoms with Crippen molar-refractivity contribution in [1.82, 2.24) is 20.2 Å². The summed E-state index contributed by atoms with van der Waals surface area (Å²) in [7, 11) is 1.72. The molecule has 2 amide bonds. The monoisotopic (exact) mass is 387 g/mol. The van der Waals surface area contributed by atoms with E-state index in [-0.39, 0.29) is 0 Å². The Balaban J connectivity index is 1.72. The maximum absolute atomic E-state index is 12.4. The fourth-order valence-electron chi connectivity index (χ4n) is 2.35. The smallest absolute Gasteiger partial charge is 0.281 e. The molecular weight excluding hydrogens is 370 g/mol. The van der Waals surface area contributed by atoms with E-state index in [1.165, 1.54) is 22.9 Å². The van der Waals surface area contributed by atoms with Crippen molar-refractivity contribution < 1.29 is 9.59 Å². The molecule has 0 bridgehead atoms. The lowest BCUT2D eigenvalue weighted by Crippen LogP contribution is -2.41. The number of hydrogen-bond acceptors (Lipinski definition) is 7. The van der Waals surface area contributed by atoms with Gasteiger partial charge in [-0.1, -0.05) is 30.3 Å². The number of anilines is 1. The highest BCUT2D eigenvalue weighted by molar-refractivity contribution is 7.17. The van der Waals surface area contributed by atoms with Gasteiger partial charge in [-0.3, -0.25) is 20.4 Å². The number of aryl methyl sites for hydroxylation is 2. The van der Waals surface area contributed by atoms with E-state index < -0.39 is 11.8 Å². The summed E-state index contributed by atoms with van der Waals surface area (Å²) in [6, 6.07) is 9.64. The number of carbonyl (C=O) groups is 2. The first-order valence-electron chi connectivity index (χ1n) is 7.78. The van der Waals surface area contributed by atoms with Gasteiger partial charge in [-0.05, 0) is 25.4 Å². The number of hydrogen-bond donors (Lipinski definition) is 3. The molecule has 2 heterocycles. The first kappa shape index (κ1) is 18.0. The van der Waals surface area contributed by atoms with Gasteiger partial charge >= 0.3 is 0 Å². The SMILES string of the molecule is CNc1snc(C)c1C(=O)NNC(=O)c1sc(-c2ccccc2)nc1C. The highest BCUT2D eigenvalue weighted by atomic mass is 32.1. The van der Waals surface area contributed by atoms with Crippen LogP contribution in [0.4, 0.5) is 5.00 Å². The van der Waals surface area contributed by atoms with Crippen molar-refractivity contribution in [3.63, 3.8) is 0 Å². The molecule has 3 aromatic rings. The minimum atomic E-state index is -0.417. The highest BCUT2D eigenvalue weighted by Crippen LogP contribution is 2.27. The Hall–Kier alpha value is -2.78. The Morgan fingerprint density at radius 3 is 2.38 bits per heavy atom. The van der Waals surface area contributed by atoms with Gasteiger partial charge in [0.1, 0.15) is 14.9 Å². The van der Waals surface area contributed by atoms with Gasteiger partial charge in [-0.25, -0.2) is 4.98 Å². The first-order chi connectivity index (χ1) is 12.5. The van der Waals surface area contributed by atoms with Crippen LogP contribution in [0, 0.1) is 13.8 Å². The third-order valence-electron chi connectivity index (χ3n) is 3.63. The van der Waals surface area contributed by atoms with Crippen molar-refractivity contribution in [1.29, 1.82) is 0 Å². The Bertz CT molecular complexity index is 949. The zero-order valence-electron chi connectivity index (χ0n) is 14.4. The second kappa shape index (κ2) is 7.63.